The van der Waals surface area contributed by atoms with Crippen LogP contribution in [0.2, 0.25) is 0 Å². The lowest BCUT2D eigenvalue weighted by Crippen LogP contribution is -2.42. The minimum Gasteiger partial charge on any atom is -0.393 e. The number of piperidine rings is 1. The highest BCUT2D eigenvalue weighted by Crippen LogP contribution is 2.16. The van der Waals surface area contributed by atoms with Gasteiger partial charge in [0, 0.05) is 25.9 Å². The Morgan fingerprint density at radius 2 is 2.33 bits per heavy atom. The molecule has 3 nitrogen and oxygen atoms in total. The first-order chi connectivity index (χ1) is 5.61. The summed E-state index contributed by atoms with van der Waals surface area (Å²) < 4.78 is 0. The number of nitrogens with zero attached hydrogens (tertiary/aromatic N) is 1. The van der Waals surface area contributed by atoms with Gasteiger partial charge >= 0.3 is 0 Å². The van der Waals surface area contributed by atoms with Crippen molar-refractivity contribution in [3.8, 4) is 0 Å². The van der Waals surface area contributed by atoms with Gasteiger partial charge in [0.2, 0.25) is 5.91 Å². The largest absolute Gasteiger partial charge is 0.393 e. The number of thiocarbonyl (C=S) groups is 1. The first kappa shape index (κ1) is 9.45. The molecule has 12 heavy (non-hydrogen) atoms. The quantitative estimate of drug-likeness (QED) is 0.608. The average molecular weight is 186 g/mol. The van der Waals surface area contributed by atoms with Crippen LogP contribution in [0.15, 0.2) is 0 Å². The van der Waals surface area contributed by atoms with Crippen LogP contribution in [0.5, 0.6) is 0 Å². The second-order valence-corrected chi connectivity index (χ2v) is 3.68. The third-order valence-electron chi connectivity index (χ3n) is 2.27. The molecule has 1 saturated heterocycles. The third-order valence-corrected chi connectivity index (χ3v) is 2.60. The molecule has 1 aliphatic rings. The van der Waals surface area contributed by atoms with E-state index in [9.17, 15) is 4.79 Å². The predicted molar refractivity (Wildman–Crippen MR) is 51.8 cm³/mol. The molecule has 68 valence electrons. The maximum Gasteiger partial charge on any atom is 0.219 e. The first-order valence-electron chi connectivity index (χ1n) is 4.16. The molecule has 1 atom stereocenters. The Bertz CT molecular complexity index is 185. The van der Waals surface area contributed by atoms with E-state index in [1.165, 1.54) is 0 Å². The number of likely N-dealkylation sites (tertiary alicyclic amines) is 1. The van der Waals surface area contributed by atoms with E-state index in [1.54, 1.807) is 6.92 Å². The molecule has 1 heterocycles. The van der Waals surface area contributed by atoms with Gasteiger partial charge in [0.25, 0.3) is 0 Å². The molecule has 0 spiro atoms. The maximum absolute atomic E-state index is 11.0. The number of carbonyl (C=O) groups excluding carboxylic acids is 1. The fraction of sp³-hybridized carbons (Fsp3) is 0.750. The van der Waals surface area contributed by atoms with Gasteiger partial charge in [-0.1, -0.05) is 12.2 Å². The minimum atomic E-state index is 0.121. The van der Waals surface area contributed by atoms with Gasteiger partial charge in [0.05, 0.1) is 4.99 Å². The van der Waals surface area contributed by atoms with Crippen LogP contribution < -0.4 is 5.73 Å². The number of rotatable bonds is 1. The summed E-state index contributed by atoms with van der Waals surface area (Å²) in [4.78, 5) is 13.4. The van der Waals surface area contributed by atoms with E-state index in [0.29, 0.717) is 11.5 Å². The van der Waals surface area contributed by atoms with Crippen LogP contribution in [0, 0.1) is 5.92 Å². The van der Waals surface area contributed by atoms with Crippen molar-refractivity contribution in [2.24, 2.45) is 11.7 Å². The standard InChI is InChI=1S/C8H14N2OS/c1-6(11)10-4-2-3-7(5-10)8(9)12/h7H,2-5H2,1H3,(H2,9,12)/t7-/m0/s1. The molecule has 0 aromatic heterocycles. The Morgan fingerprint density at radius 1 is 1.67 bits per heavy atom. The average Bonchev–Trinajstić information content (AvgIpc) is 2.04. The lowest BCUT2D eigenvalue weighted by molar-refractivity contribution is -0.130. The fourth-order valence-electron chi connectivity index (χ4n) is 1.50. The molecule has 0 radical (unpaired) electrons. The van der Waals surface area contributed by atoms with Crippen molar-refractivity contribution >= 4 is 23.1 Å². The molecule has 0 aliphatic carbocycles. The number of hydrogen-bond acceptors (Lipinski definition) is 2. The Labute approximate surface area is 77.9 Å². The molecule has 0 saturated carbocycles. The molecule has 0 aromatic carbocycles. The van der Waals surface area contributed by atoms with E-state index in [0.717, 1.165) is 19.4 Å². The summed E-state index contributed by atoms with van der Waals surface area (Å²) in [5.74, 6) is 0.355. The van der Waals surface area contributed by atoms with Crippen LogP contribution >= 0.6 is 12.2 Å². The van der Waals surface area contributed by atoms with Crippen LogP contribution in [0.25, 0.3) is 0 Å². The van der Waals surface area contributed by atoms with E-state index in [1.807, 2.05) is 4.90 Å². The van der Waals surface area contributed by atoms with Crippen molar-refractivity contribution in [1.82, 2.24) is 4.90 Å². The molecule has 1 rings (SSSR count). The topological polar surface area (TPSA) is 46.3 Å². The smallest absolute Gasteiger partial charge is 0.219 e. The predicted octanol–water partition coefficient (Wildman–Crippen LogP) is 0.531. The molecule has 0 aromatic rings. The second-order valence-electron chi connectivity index (χ2n) is 3.21. The SMILES string of the molecule is CC(=O)N1CCC[C@H](C(N)=S)C1. The number of amides is 1. The number of nitrogens with two attached hydrogens (primary N) is 1. The van der Waals surface area contributed by atoms with Crippen molar-refractivity contribution in [3.05, 3.63) is 0 Å². The molecule has 1 amide bonds. The number of hydrogen-bond donors (Lipinski definition) is 1. The normalized spacial score (nSPS) is 23.8. The molecule has 1 aliphatic heterocycles. The van der Waals surface area contributed by atoms with Gasteiger partial charge in [-0.2, -0.15) is 0 Å². The van der Waals surface area contributed by atoms with Gasteiger partial charge in [-0.05, 0) is 12.8 Å². The summed E-state index contributed by atoms with van der Waals surface area (Å²) in [5, 5.41) is 0. The summed E-state index contributed by atoms with van der Waals surface area (Å²) in [6.07, 6.45) is 2.04. The molecule has 2 N–H and O–H groups in total. The molecular weight excluding hydrogens is 172 g/mol. The minimum absolute atomic E-state index is 0.121. The van der Waals surface area contributed by atoms with Gasteiger partial charge < -0.3 is 10.6 Å². The zero-order chi connectivity index (χ0) is 9.14. The van der Waals surface area contributed by atoms with Crippen molar-refractivity contribution in [2.45, 2.75) is 19.8 Å². The van der Waals surface area contributed by atoms with Crippen LogP contribution in [0.3, 0.4) is 0 Å². The van der Waals surface area contributed by atoms with Crippen LogP contribution in [-0.4, -0.2) is 28.9 Å². The third kappa shape index (κ3) is 2.17. The van der Waals surface area contributed by atoms with E-state index < -0.39 is 0 Å². The van der Waals surface area contributed by atoms with Crippen LogP contribution in [-0.2, 0) is 4.79 Å². The summed E-state index contributed by atoms with van der Waals surface area (Å²) in [6.45, 7) is 3.15. The van der Waals surface area contributed by atoms with E-state index >= 15 is 0 Å². The van der Waals surface area contributed by atoms with Crippen molar-refractivity contribution in [1.29, 1.82) is 0 Å². The van der Waals surface area contributed by atoms with E-state index in [-0.39, 0.29) is 11.8 Å². The molecule has 4 heteroatoms. The van der Waals surface area contributed by atoms with Gasteiger partial charge in [0.1, 0.15) is 0 Å². The lowest BCUT2D eigenvalue weighted by atomic mass is 9.98. The first-order valence-corrected chi connectivity index (χ1v) is 4.57. The zero-order valence-electron chi connectivity index (χ0n) is 7.25. The van der Waals surface area contributed by atoms with Gasteiger partial charge in [-0.25, -0.2) is 0 Å². The molecule has 0 bridgehead atoms. The Morgan fingerprint density at radius 3 is 2.83 bits per heavy atom. The zero-order valence-corrected chi connectivity index (χ0v) is 8.06. The van der Waals surface area contributed by atoms with Crippen LogP contribution in [0.4, 0.5) is 0 Å². The summed E-state index contributed by atoms with van der Waals surface area (Å²) >= 11 is 4.89. The lowest BCUT2D eigenvalue weighted by Gasteiger charge is -2.31. The van der Waals surface area contributed by atoms with Gasteiger partial charge in [-0.3, -0.25) is 4.79 Å². The van der Waals surface area contributed by atoms with Crippen molar-refractivity contribution in [2.75, 3.05) is 13.1 Å². The fourth-order valence-corrected chi connectivity index (χ4v) is 1.69. The van der Waals surface area contributed by atoms with Gasteiger partial charge in [-0.15, -0.1) is 0 Å². The summed E-state index contributed by atoms with van der Waals surface area (Å²) in [6, 6.07) is 0. The van der Waals surface area contributed by atoms with Gasteiger partial charge in [0.15, 0.2) is 0 Å². The maximum atomic E-state index is 11.0. The molecule has 0 unspecified atom stereocenters. The highest BCUT2D eigenvalue weighted by Gasteiger charge is 2.22. The van der Waals surface area contributed by atoms with Crippen molar-refractivity contribution in [3.63, 3.8) is 0 Å². The monoisotopic (exact) mass is 186 g/mol. The summed E-state index contributed by atoms with van der Waals surface area (Å²) in [5.41, 5.74) is 5.52. The number of carbonyl (C=O) groups is 1. The molecule has 1 fully saturated rings. The Hall–Kier alpha value is -0.640. The highest BCUT2D eigenvalue weighted by atomic mass is 32.1. The van der Waals surface area contributed by atoms with Crippen LogP contribution in [0.1, 0.15) is 19.8 Å². The van der Waals surface area contributed by atoms with Crippen molar-refractivity contribution < 1.29 is 4.79 Å². The highest BCUT2D eigenvalue weighted by molar-refractivity contribution is 7.80. The Balaban J connectivity index is 2.51. The van der Waals surface area contributed by atoms with E-state index in [4.69, 9.17) is 18.0 Å². The van der Waals surface area contributed by atoms with E-state index in [2.05, 4.69) is 0 Å². The summed E-state index contributed by atoms with van der Waals surface area (Å²) in [7, 11) is 0. The second kappa shape index (κ2) is 3.85. The Kier molecular flexibility index (Phi) is 3.03. The molecular formula is C8H14N2OS.